The molecule has 5 rings (SSSR count). The van der Waals surface area contributed by atoms with Crippen LogP contribution in [0.15, 0.2) is 35.5 Å². The van der Waals surface area contributed by atoms with E-state index in [4.69, 9.17) is 4.74 Å². The van der Waals surface area contributed by atoms with Crippen LogP contribution >= 0.6 is 11.3 Å². The van der Waals surface area contributed by atoms with E-state index in [0.29, 0.717) is 23.0 Å². The molecule has 1 aromatic carbocycles. The maximum atomic E-state index is 13.9. The van der Waals surface area contributed by atoms with Crippen molar-refractivity contribution in [3.05, 3.63) is 51.8 Å². The van der Waals surface area contributed by atoms with Gasteiger partial charge < -0.3 is 10.1 Å². The van der Waals surface area contributed by atoms with E-state index >= 15 is 0 Å². The number of nitrogens with zero attached hydrogens (tertiary/aromatic N) is 4. The number of hydrogen-bond donors (Lipinski definition) is 1. The molecule has 0 radical (unpaired) electrons. The highest BCUT2D eigenvalue weighted by molar-refractivity contribution is 7.15. The molecule has 186 valence electrons. The first-order valence-corrected chi connectivity index (χ1v) is 13.1. The van der Waals surface area contributed by atoms with E-state index in [9.17, 15) is 14.0 Å². The van der Waals surface area contributed by atoms with Crippen LogP contribution < -0.4 is 10.9 Å². The van der Waals surface area contributed by atoms with Crippen molar-refractivity contribution in [1.82, 2.24) is 19.4 Å². The summed E-state index contributed by atoms with van der Waals surface area (Å²) >= 11 is 1.44. The van der Waals surface area contributed by atoms with Crippen LogP contribution in [0.25, 0.3) is 10.9 Å². The molecule has 0 spiro atoms. The normalized spacial score (nSPS) is 18.5. The van der Waals surface area contributed by atoms with Crippen LogP contribution in [0.1, 0.15) is 49.4 Å². The quantitative estimate of drug-likeness (QED) is 0.529. The molecule has 1 saturated heterocycles. The third-order valence-corrected chi connectivity index (χ3v) is 7.83. The molecule has 2 aromatic heterocycles. The molecular weight excluding hydrogens is 469 g/mol. The number of ether oxygens (including phenoxy) is 1. The molecule has 1 saturated carbocycles. The second-order valence-electron chi connectivity index (χ2n) is 9.38. The number of benzene rings is 1. The molecule has 1 N–H and O–H groups in total. The number of fused-ring (bicyclic) bond motifs is 1. The predicted molar refractivity (Wildman–Crippen MR) is 133 cm³/mol. The lowest BCUT2D eigenvalue weighted by atomic mass is 9.84. The fourth-order valence-electron chi connectivity index (χ4n) is 5.02. The van der Waals surface area contributed by atoms with Crippen LogP contribution in [0.5, 0.6) is 0 Å². The molecule has 0 bridgehead atoms. The summed E-state index contributed by atoms with van der Waals surface area (Å²) in [6.45, 7) is 3.97. The number of morpholine rings is 1. The Morgan fingerprint density at radius 3 is 2.80 bits per heavy atom. The summed E-state index contributed by atoms with van der Waals surface area (Å²) in [5.74, 6) is -0.441. The number of carbonyl (C=O) groups excluding carboxylic acids is 1. The van der Waals surface area contributed by atoms with Crippen LogP contribution in [-0.2, 0) is 16.1 Å². The number of amides is 1. The van der Waals surface area contributed by atoms with Crippen molar-refractivity contribution >= 4 is 33.3 Å². The number of halogens is 1. The first-order chi connectivity index (χ1) is 17.1. The number of rotatable bonds is 7. The summed E-state index contributed by atoms with van der Waals surface area (Å²) in [4.78, 5) is 38.9. The van der Waals surface area contributed by atoms with Crippen molar-refractivity contribution in [2.75, 3.05) is 31.6 Å². The van der Waals surface area contributed by atoms with Gasteiger partial charge >= 0.3 is 0 Å². The van der Waals surface area contributed by atoms with Gasteiger partial charge in [-0.1, -0.05) is 32.1 Å². The largest absolute Gasteiger partial charge is 0.379 e. The maximum absolute atomic E-state index is 13.9. The minimum atomic E-state index is -0.739. The lowest BCUT2D eigenvalue weighted by Gasteiger charge is -2.27. The molecule has 1 atom stereocenters. The second-order valence-corrected chi connectivity index (χ2v) is 10.5. The molecular formula is C25H30FN5O3S. The highest BCUT2D eigenvalue weighted by atomic mass is 32.1. The van der Waals surface area contributed by atoms with Gasteiger partial charge in [-0.05, 0) is 30.5 Å². The SMILES string of the molecule is O=C(Nc1ncc(CN2CCOCC2)s1)C(CC1CCCCC1)n1cnc2ccc(F)cc2c1=O. The van der Waals surface area contributed by atoms with Crippen molar-refractivity contribution in [3.63, 3.8) is 0 Å². The van der Waals surface area contributed by atoms with E-state index in [-0.39, 0.29) is 11.3 Å². The van der Waals surface area contributed by atoms with Gasteiger partial charge in [-0.3, -0.25) is 19.1 Å². The van der Waals surface area contributed by atoms with E-state index in [0.717, 1.165) is 63.4 Å². The molecule has 35 heavy (non-hydrogen) atoms. The average Bonchev–Trinajstić information content (AvgIpc) is 3.31. The average molecular weight is 500 g/mol. The van der Waals surface area contributed by atoms with Gasteiger partial charge in [0.1, 0.15) is 11.9 Å². The van der Waals surface area contributed by atoms with Gasteiger partial charge in [-0.15, -0.1) is 11.3 Å². The fraction of sp³-hybridized carbons (Fsp3) is 0.520. The number of nitrogens with one attached hydrogen (secondary N) is 1. The van der Waals surface area contributed by atoms with E-state index < -0.39 is 17.4 Å². The van der Waals surface area contributed by atoms with Crippen molar-refractivity contribution in [2.45, 2.75) is 51.1 Å². The first kappa shape index (κ1) is 24.0. The number of anilines is 1. The Kier molecular flexibility index (Phi) is 7.50. The van der Waals surface area contributed by atoms with E-state index in [2.05, 4.69) is 20.2 Å². The lowest BCUT2D eigenvalue weighted by Crippen LogP contribution is -2.35. The summed E-state index contributed by atoms with van der Waals surface area (Å²) in [7, 11) is 0. The highest BCUT2D eigenvalue weighted by Gasteiger charge is 2.28. The standard InChI is InChI=1S/C25H30FN5O3S/c26-18-6-7-21-20(13-18)24(33)31(16-28-21)22(12-17-4-2-1-3-5-17)23(32)29-25-27-14-19(35-25)15-30-8-10-34-11-9-30/h6-7,13-14,16-17,22H,1-5,8-12,15H2,(H,27,29,32). The smallest absolute Gasteiger partial charge is 0.262 e. The van der Waals surface area contributed by atoms with Crippen molar-refractivity contribution < 1.29 is 13.9 Å². The Morgan fingerprint density at radius 1 is 1.20 bits per heavy atom. The lowest BCUT2D eigenvalue weighted by molar-refractivity contribution is -0.120. The van der Waals surface area contributed by atoms with Gasteiger partial charge in [-0.25, -0.2) is 14.4 Å². The summed E-state index contributed by atoms with van der Waals surface area (Å²) in [6, 6.07) is 3.22. The second kappa shape index (κ2) is 10.9. The zero-order valence-corrected chi connectivity index (χ0v) is 20.4. The molecule has 1 aliphatic heterocycles. The van der Waals surface area contributed by atoms with Gasteiger partial charge in [0.15, 0.2) is 5.13 Å². The van der Waals surface area contributed by atoms with Gasteiger partial charge in [-0.2, -0.15) is 0 Å². The molecule has 10 heteroatoms. The number of hydrogen-bond acceptors (Lipinski definition) is 7. The van der Waals surface area contributed by atoms with Crippen molar-refractivity contribution in [3.8, 4) is 0 Å². The number of carbonyl (C=O) groups is 1. The molecule has 2 fully saturated rings. The monoisotopic (exact) mass is 499 g/mol. The third kappa shape index (κ3) is 5.76. The molecule has 1 aliphatic carbocycles. The van der Waals surface area contributed by atoms with Crippen LogP contribution in [0, 0.1) is 11.7 Å². The molecule has 3 aromatic rings. The summed E-state index contributed by atoms with van der Waals surface area (Å²) in [6.07, 6.45) is 9.29. The minimum Gasteiger partial charge on any atom is -0.379 e. The van der Waals surface area contributed by atoms with Crippen molar-refractivity contribution in [1.29, 1.82) is 0 Å². The van der Waals surface area contributed by atoms with Crippen LogP contribution in [0.3, 0.4) is 0 Å². The maximum Gasteiger partial charge on any atom is 0.262 e. The Balaban J connectivity index is 1.38. The predicted octanol–water partition coefficient (Wildman–Crippen LogP) is 3.97. The highest BCUT2D eigenvalue weighted by Crippen LogP contribution is 2.31. The molecule has 8 nitrogen and oxygen atoms in total. The van der Waals surface area contributed by atoms with Crippen molar-refractivity contribution in [2.24, 2.45) is 5.92 Å². The van der Waals surface area contributed by atoms with Gasteiger partial charge in [0.25, 0.3) is 5.56 Å². The van der Waals surface area contributed by atoms with Crippen LogP contribution in [0.4, 0.5) is 9.52 Å². The summed E-state index contributed by atoms with van der Waals surface area (Å²) in [5.41, 5.74) is 0.00903. The number of thiazole rings is 1. The number of aromatic nitrogens is 3. The molecule has 1 unspecified atom stereocenters. The van der Waals surface area contributed by atoms with Gasteiger partial charge in [0.05, 0.1) is 30.4 Å². The Hall–Kier alpha value is -2.69. The third-order valence-electron chi connectivity index (χ3n) is 6.93. The van der Waals surface area contributed by atoms with Crippen LogP contribution in [0.2, 0.25) is 0 Å². The molecule has 1 amide bonds. The first-order valence-electron chi connectivity index (χ1n) is 12.3. The fourth-order valence-corrected chi connectivity index (χ4v) is 5.88. The Labute approximate surface area is 207 Å². The van der Waals surface area contributed by atoms with Gasteiger partial charge in [0, 0.05) is 30.7 Å². The van der Waals surface area contributed by atoms with E-state index in [1.807, 2.05) is 0 Å². The van der Waals surface area contributed by atoms with Gasteiger partial charge in [0.2, 0.25) is 5.91 Å². The molecule has 2 aliphatic rings. The zero-order valence-electron chi connectivity index (χ0n) is 19.6. The minimum absolute atomic E-state index is 0.177. The summed E-state index contributed by atoms with van der Waals surface area (Å²) < 4.78 is 20.6. The Bertz CT molecular complexity index is 1230. The zero-order chi connectivity index (χ0) is 24.2. The molecule has 3 heterocycles. The van der Waals surface area contributed by atoms with E-state index in [1.54, 1.807) is 6.20 Å². The topological polar surface area (TPSA) is 89.3 Å². The summed E-state index contributed by atoms with van der Waals surface area (Å²) in [5, 5.41) is 3.63. The van der Waals surface area contributed by atoms with E-state index in [1.165, 1.54) is 46.9 Å². The Morgan fingerprint density at radius 2 is 2.00 bits per heavy atom. The van der Waals surface area contributed by atoms with Crippen LogP contribution in [-0.4, -0.2) is 51.6 Å².